The first kappa shape index (κ1) is 25.5. The third kappa shape index (κ3) is 3.46. The van der Waals surface area contributed by atoms with Crippen LogP contribution < -0.4 is 4.74 Å². The molecular formula is C42H25N5O. The third-order valence-electron chi connectivity index (χ3n) is 9.79. The first-order chi connectivity index (χ1) is 23.8. The molecule has 5 heterocycles. The van der Waals surface area contributed by atoms with Crippen molar-refractivity contribution in [3.8, 4) is 17.2 Å². The molecule has 0 aliphatic rings. The lowest BCUT2D eigenvalue weighted by Gasteiger charge is -2.13. The summed E-state index contributed by atoms with van der Waals surface area (Å²) >= 11 is 0. The molecule has 48 heavy (non-hydrogen) atoms. The van der Waals surface area contributed by atoms with Crippen LogP contribution in [0.3, 0.4) is 0 Å². The van der Waals surface area contributed by atoms with Crippen LogP contribution in [0.5, 0.6) is 11.5 Å². The number of imidazole rings is 2. The van der Waals surface area contributed by atoms with Crippen molar-refractivity contribution in [1.82, 2.24) is 23.3 Å². The van der Waals surface area contributed by atoms with Gasteiger partial charge in [-0.2, -0.15) is 0 Å². The zero-order valence-corrected chi connectivity index (χ0v) is 25.6. The van der Waals surface area contributed by atoms with Gasteiger partial charge in [-0.05, 0) is 83.6 Å². The van der Waals surface area contributed by atoms with Crippen molar-refractivity contribution in [3.05, 3.63) is 152 Å². The van der Waals surface area contributed by atoms with Gasteiger partial charge in [0, 0.05) is 62.8 Å². The van der Waals surface area contributed by atoms with E-state index in [1.807, 2.05) is 24.7 Å². The summed E-state index contributed by atoms with van der Waals surface area (Å²) in [7, 11) is 0. The molecule has 5 aromatic heterocycles. The molecule has 0 bridgehead atoms. The van der Waals surface area contributed by atoms with Crippen molar-refractivity contribution in [2.24, 2.45) is 0 Å². The van der Waals surface area contributed by atoms with Crippen LogP contribution in [0.25, 0.3) is 82.1 Å². The van der Waals surface area contributed by atoms with Gasteiger partial charge in [-0.15, -0.1) is 0 Å². The van der Waals surface area contributed by atoms with Gasteiger partial charge in [-0.25, -0.2) is 9.97 Å². The Hall–Kier alpha value is -6.66. The SMILES string of the molecule is c1ccc(-n2c3ccccc3c3cc4c5ccc(Oc6ccc7c8ccccc8n8ccnc8c7c6)cc5c5nccn5c4cc32)cc1. The highest BCUT2D eigenvalue weighted by Gasteiger charge is 2.18. The Labute approximate surface area is 273 Å². The van der Waals surface area contributed by atoms with Gasteiger partial charge in [-0.3, -0.25) is 8.80 Å². The molecule has 0 aliphatic heterocycles. The minimum atomic E-state index is 0.757. The maximum Gasteiger partial charge on any atom is 0.145 e. The number of fused-ring (bicyclic) bond motifs is 15. The maximum atomic E-state index is 6.57. The second-order valence-electron chi connectivity index (χ2n) is 12.4. The average molecular weight is 616 g/mol. The zero-order valence-electron chi connectivity index (χ0n) is 25.6. The molecule has 224 valence electrons. The second kappa shape index (κ2) is 9.44. The lowest BCUT2D eigenvalue weighted by atomic mass is 10.0. The number of rotatable bonds is 3. The Kier molecular flexibility index (Phi) is 5.02. The van der Waals surface area contributed by atoms with Crippen molar-refractivity contribution in [2.75, 3.05) is 0 Å². The van der Waals surface area contributed by atoms with E-state index in [4.69, 9.17) is 14.7 Å². The number of benzene rings is 6. The van der Waals surface area contributed by atoms with Gasteiger partial charge >= 0.3 is 0 Å². The van der Waals surface area contributed by atoms with Gasteiger partial charge in [0.1, 0.15) is 22.8 Å². The Morgan fingerprint density at radius 1 is 0.396 bits per heavy atom. The van der Waals surface area contributed by atoms with Crippen LogP contribution >= 0.6 is 0 Å². The van der Waals surface area contributed by atoms with Gasteiger partial charge in [0.25, 0.3) is 0 Å². The molecule has 0 amide bonds. The summed E-state index contributed by atoms with van der Waals surface area (Å²) in [6.07, 6.45) is 7.80. The van der Waals surface area contributed by atoms with E-state index in [1.165, 1.54) is 32.6 Å². The van der Waals surface area contributed by atoms with E-state index in [9.17, 15) is 0 Å². The van der Waals surface area contributed by atoms with E-state index >= 15 is 0 Å². The first-order valence-electron chi connectivity index (χ1n) is 16.1. The van der Waals surface area contributed by atoms with Gasteiger partial charge < -0.3 is 9.30 Å². The molecule has 0 unspecified atom stereocenters. The summed E-state index contributed by atoms with van der Waals surface area (Å²) in [5, 5.41) is 9.19. The van der Waals surface area contributed by atoms with Crippen molar-refractivity contribution in [1.29, 1.82) is 0 Å². The fraction of sp³-hybridized carbons (Fsp3) is 0. The van der Waals surface area contributed by atoms with Crippen molar-refractivity contribution in [2.45, 2.75) is 0 Å². The molecule has 0 atom stereocenters. The molecule has 11 aromatic rings. The molecule has 0 N–H and O–H groups in total. The predicted molar refractivity (Wildman–Crippen MR) is 195 cm³/mol. The topological polar surface area (TPSA) is 48.8 Å². The number of hydrogen-bond donors (Lipinski definition) is 0. The highest BCUT2D eigenvalue weighted by atomic mass is 16.5. The molecule has 6 nitrogen and oxygen atoms in total. The summed E-state index contributed by atoms with van der Waals surface area (Å²) < 4.78 is 13.3. The summed E-state index contributed by atoms with van der Waals surface area (Å²) in [4.78, 5) is 9.53. The average Bonchev–Trinajstić information content (AvgIpc) is 3.90. The van der Waals surface area contributed by atoms with Gasteiger partial charge in [-0.1, -0.05) is 54.6 Å². The van der Waals surface area contributed by atoms with Crippen molar-refractivity contribution < 1.29 is 4.74 Å². The largest absolute Gasteiger partial charge is 0.457 e. The highest BCUT2D eigenvalue weighted by molar-refractivity contribution is 6.20. The van der Waals surface area contributed by atoms with E-state index in [0.29, 0.717) is 0 Å². The minimum absolute atomic E-state index is 0.757. The van der Waals surface area contributed by atoms with E-state index in [2.05, 4.69) is 141 Å². The lowest BCUT2D eigenvalue weighted by Crippen LogP contribution is -1.95. The molecule has 0 aliphatic carbocycles. The monoisotopic (exact) mass is 615 g/mol. The predicted octanol–water partition coefficient (Wildman–Crippen LogP) is 10.5. The quantitative estimate of drug-likeness (QED) is 0.186. The maximum absolute atomic E-state index is 6.57. The molecule has 0 spiro atoms. The minimum Gasteiger partial charge on any atom is -0.457 e. The number of pyridine rings is 2. The number of nitrogens with zero attached hydrogens (tertiary/aromatic N) is 5. The van der Waals surface area contributed by atoms with Crippen LogP contribution in [0.4, 0.5) is 0 Å². The van der Waals surface area contributed by atoms with Crippen molar-refractivity contribution in [3.63, 3.8) is 0 Å². The fourth-order valence-electron chi connectivity index (χ4n) is 7.73. The Morgan fingerprint density at radius 2 is 0.958 bits per heavy atom. The Balaban J connectivity index is 1.11. The molecule has 0 saturated carbocycles. The normalized spacial score (nSPS) is 12.2. The number of aromatic nitrogens is 5. The van der Waals surface area contributed by atoms with E-state index in [0.717, 1.165) is 61.1 Å². The number of ether oxygens (including phenoxy) is 1. The third-order valence-corrected chi connectivity index (χ3v) is 9.79. The smallest absolute Gasteiger partial charge is 0.145 e. The van der Waals surface area contributed by atoms with Gasteiger partial charge in [0.15, 0.2) is 0 Å². The van der Waals surface area contributed by atoms with Crippen LogP contribution in [0, 0.1) is 0 Å². The summed E-state index contributed by atoms with van der Waals surface area (Å²) in [5.74, 6) is 1.52. The van der Waals surface area contributed by atoms with Gasteiger partial charge in [0.05, 0.1) is 22.1 Å². The molecule has 0 radical (unpaired) electrons. The molecule has 6 heteroatoms. The summed E-state index contributed by atoms with van der Waals surface area (Å²) in [5.41, 5.74) is 7.56. The summed E-state index contributed by atoms with van der Waals surface area (Å²) in [6.45, 7) is 0. The van der Waals surface area contributed by atoms with Crippen LogP contribution in [0.1, 0.15) is 0 Å². The van der Waals surface area contributed by atoms with Gasteiger partial charge in [0.2, 0.25) is 0 Å². The first-order valence-corrected chi connectivity index (χ1v) is 16.1. The van der Waals surface area contributed by atoms with Crippen LogP contribution in [-0.4, -0.2) is 23.3 Å². The highest BCUT2D eigenvalue weighted by Crippen LogP contribution is 2.40. The molecule has 0 fully saturated rings. The summed E-state index contributed by atoms with van der Waals surface area (Å²) in [6, 6.07) is 45.0. The van der Waals surface area contributed by atoms with E-state index in [-0.39, 0.29) is 0 Å². The molecule has 0 saturated heterocycles. The molecule has 11 rings (SSSR count). The van der Waals surface area contributed by atoms with Crippen LogP contribution in [-0.2, 0) is 0 Å². The number of para-hydroxylation sites is 3. The lowest BCUT2D eigenvalue weighted by molar-refractivity contribution is 0.484. The zero-order chi connectivity index (χ0) is 31.3. The van der Waals surface area contributed by atoms with Crippen LogP contribution in [0.15, 0.2) is 152 Å². The van der Waals surface area contributed by atoms with Crippen molar-refractivity contribution >= 4 is 76.5 Å². The molecule has 6 aromatic carbocycles. The fourth-order valence-corrected chi connectivity index (χ4v) is 7.73. The Bertz CT molecular complexity index is 3100. The molecular weight excluding hydrogens is 590 g/mol. The second-order valence-corrected chi connectivity index (χ2v) is 12.4. The Morgan fingerprint density at radius 3 is 1.67 bits per heavy atom. The number of hydrogen-bond acceptors (Lipinski definition) is 3. The van der Waals surface area contributed by atoms with E-state index < -0.39 is 0 Å². The van der Waals surface area contributed by atoms with E-state index in [1.54, 1.807) is 0 Å². The van der Waals surface area contributed by atoms with Crippen LogP contribution in [0.2, 0.25) is 0 Å². The standard InChI is InChI=1S/C42H25N5O/c1-2-8-26(9-3-1)47-38-13-7-5-11-32(38)34-24-33-30-17-15-28(23-36(30)42-44-19-21-46(42)39(33)25-40(34)47)48-27-14-16-29-31-10-4-6-12-37(31)45-20-18-43-41(45)35(29)22-27/h1-25H.